The third-order valence-electron chi connectivity index (χ3n) is 6.03. The molecule has 0 spiro atoms. The Morgan fingerprint density at radius 2 is 1.76 bits per heavy atom. The quantitative estimate of drug-likeness (QED) is 0.492. The van der Waals surface area contributed by atoms with E-state index in [4.69, 9.17) is 4.18 Å². The Balaban J connectivity index is 0.00000193. The number of hydrogen-bond acceptors (Lipinski definition) is 6. The fraction of sp³-hybridized carbons (Fsp3) is 0.435. The molecule has 0 bridgehead atoms. The number of aliphatic hydroxyl groups is 1. The lowest BCUT2D eigenvalue weighted by Gasteiger charge is -2.27. The van der Waals surface area contributed by atoms with E-state index < -0.39 is 15.5 Å². The van der Waals surface area contributed by atoms with Crippen molar-refractivity contribution in [1.29, 1.82) is 0 Å². The summed E-state index contributed by atoms with van der Waals surface area (Å²) in [5, 5.41) is 13.1. The first-order chi connectivity index (χ1) is 14.7. The fourth-order valence-corrected chi connectivity index (χ4v) is 4.69. The highest BCUT2D eigenvalue weighted by Crippen LogP contribution is 2.49. The number of carbonyl (C=O) groups excluding carboxylic acids is 1. The zero-order valence-corrected chi connectivity index (χ0v) is 22.6. The lowest BCUT2D eigenvalue weighted by molar-refractivity contribution is -0.124. The van der Waals surface area contributed by atoms with Gasteiger partial charge < -0.3 is 14.6 Å². The van der Waals surface area contributed by atoms with Crippen LogP contribution in [0.1, 0.15) is 36.4 Å². The minimum atomic E-state index is -3.59. The Hall–Kier alpha value is -1.43. The molecule has 7 nitrogen and oxygen atoms in total. The Bertz CT molecular complexity index is 1030. The van der Waals surface area contributed by atoms with Crippen molar-refractivity contribution < 1.29 is 22.5 Å². The second kappa shape index (κ2) is 12.5. The van der Waals surface area contributed by atoms with E-state index in [9.17, 15) is 18.3 Å². The highest BCUT2D eigenvalue weighted by molar-refractivity contribution is 7.86. The van der Waals surface area contributed by atoms with Gasteiger partial charge in [0.2, 0.25) is 5.91 Å². The minimum Gasteiger partial charge on any atom is -0.392 e. The van der Waals surface area contributed by atoms with Crippen molar-refractivity contribution in [3.8, 4) is 5.75 Å². The summed E-state index contributed by atoms with van der Waals surface area (Å²) < 4.78 is 27.5. The molecule has 1 aliphatic heterocycles. The van der Waals surface area contributed by atoms with E-state index in [-0.39, 0.29) is 63.2 Å². The maximum atomic E-state index is 13.4. The number of benzene rings is 2. The summed E-state index contributed by atoms with van der Waals surface area (Å²) in [5.41, 5.74) is 1.29. The van der Waals surface area contributed by atoms with E-state index in [0.29, 0.717) is 13.1 Å². The molecule has 2 aliphatic rings. The molecule has 0 radical (unpaired) electrons. The fourth-order valence-electron chi connectivity index (χ4n) is 4.23. The smallest absolute Gasteiger partial charge is 0.306 e. The summed E-state index contributed by atoms with van der Waals surface area (Å²) in [7, 11) is -3.59. The van der Waals surface area contributed by atoms with Gasteiger partial charge in [-0.3, -0.25) is 9.69 Å². The first-order valence-corrected chi connectivity index (χ1v) is 12.3. The predicted molar refractivity (Wildman–Crippen MR) is 145 cm³/mol. The standard InChI is InChI=1S/C23H28N2O5S.ClH.2H2S/c1-31(28,29)30-20-9-7-18(8-10-20)23(12-13-23)22(27)24-21(17-5-3-2-4-6-17)16-25-14-11-19(26)15-25;;;/h2-10,19,21,26H,11-16H2,1H3,(H,24,27);1H;2*1H2/t19-,21+;;;/m0.../s1. The molecule has 2 N–H and O–H groups in total. The lowest BCUT2D eigenvalue weighted by Crippen LogP contribution is -2.42. The molecule has 1 heterocycles. The van der Waals surface area contributed by atoms with Crippen LogP contribution in [0, 0.1) is 0 Å². The van der Waals surface area contributed by atoms with Crippen molar-refractivity contribution in [1.82, 2.24) is 10.2 Å². The van der Waals surface area contributed by atoms with Gasteiger partial charge in [-0.25, -0.2) is 0 Å². The highest BCUT2D eigenvalue weighted by Gasteiger charge is 2.51. The lowest BCUT2D eigenvalue weighted by atomic mass is 9.94. The number of rotatable bonds is 8. The monoisotopic (exact) mass is 548 g/mol. The third kappa shape index (κ3) is 7.53. The van der Waals surface area contributed by atoms with Crippen molar-refractivity contribution in [3.63, 3.8) is 0 Å². The average molecular weight is 549 g/mol. The molecule has 1 saturated heterocycles. The second-order valence-electron chi connectivity index (χ2n) is 8.53. The zero-order chi connectivity index (χ0) is 22.1. The number of β-amino-alcohol motifs (C(OH)–C–C–N with tert-alkyl or cyclic N) is 1. The third-order valence-corrected chi connectivity index (χ3v) is 6.53. The van der Waals surface area contributed by atoms with Gasteiger partial charge in [-0.2, -0.15) is 35.4 Å². The summed E-state index contributed by atoms with van der Waals surface area (Å²) in [6.45, 7) is 2.07. The van der Waals surface area contributed by atoms with Gasteiger partial charge in [-0.1, -0.05) is 42.5 Å². The molecule has 190 valence electrons. The van der Waals surface area contributed by atoms with Crippen LogP contribution in [-0.4, -0.2) is 56.3 Å². The van der Waals surface area contributed by atoms with Crippen molar-refractivity contribution >= 4 is 55.4 Å². The molecule has 0 aromatic heterocycles. The highest BCUT2D eigenvalue weighted by atomic mass is 35.5. The zero-order valence-electron chi connectivity index (χ0n) is 18.9. The van der Waals surface area contributed by atoms with Crippen LogP contribution in [0.25, 0.3) is 0 Å². The molecule has 34 heavy (non-hydrogen) atoms. The van der Waals surface area contributed by atoms with Gasteiger partial charge in [-0.05, 0) is 42.5 Å². The molecular formula is C23H33ClN2O5S3. The summed E-state index contributed by atoms with van der Waals surface area (Å²) >= 11 is 0. The van der Waals surface area contributed by atoms with Gasteiger partial charge in [0.05, 0.1) is 23.8 Å². The molecule has 1 amide bonds. The van der Waals surface area contributed by atoms with Crippen molar-refractivity contribution in [2.75, 3.05) is 25.9 Å². The average Bonchev–Trinajstić information content (AvgIpc) is 3.44. The van der Waals surface area contributed by atoms with Crippen molar-refractivity contribution in [2.24, 2.45) is 0 Å². The molecule has 1 aliphatic carbocycles. The van der Waals surface area contributed by atoms with E-state index in [0.717, 1.165) is 43.2 Å². The Labute approximate surface area is 221 Å². The Morgan fingerprint density at radius 3 is 2.26 bits per heavy atom. The molecule has 4 rings (SSSR count). The van der Waals surface area contributed by atoms with Crippen LogP contribution in [0.15, 0.2) is 54.6 Å². The van der Waals surface area contributed by atoms with Gasteiger partial charge in [-0.15, -0.1) is 12.4 Å². The SMILES string of the molecule is CS(=O)(=O)Oc1ccc(C2(C(=O)N[C@H](CN3CC[C@H](O)C3)c3ccccc3)CC2)cc1.Cl.S.S. The Morgan fingerprint density at radius 1 is 1.15 bits per heavy atom. The Kier molecular flexibility index (Phi) is 11.3. The first kappa shape index (κ1) is 30.6. The van der Waals surface area contributed by atoms with E-state index in [1.165, 1.54) is 0 Å². The van der Waals surface area contributed by atoms with Gasteiger partial charge in [0.15, 0.2) is 0 Å². The molecule has 2 atom stereocenters. The van der Waals surface area contributed by atoms with Gasteiger partial charge in [0, 0.05) is 19.6 Å². The molecule has 0 unspecified atom stereocenters. The van der Waals surface area contributed by atoms with Crippen LogP contribution < -0.4 is 9.50 Å². The van der Waals surface area contributed by atoms with E-state index >= 15 is 0 Å². The van der Waals surface area contributed by atoms with Crippen molar-refractivity contribution in [3.05, 3.63) is 65.7 Å². The van der Waals surface area contributed by atoms with Crippen LogP contribution in [-0.2, 0) is 20.3 Å². The van der Waals surface area contributed by atoms with Gasteiger partial charge >= 0.3 is 10.1 Å². The molecule has 2 fully saturated rings. The number of halogens is 1. The molecule has 11 heteroatoms. The van der Waals surface area contributed by atoms with E-state index in [1.807, 2.05) is 30.3 Å². The summed E-state index contributed by atoms with van der Waals surface area (Å²) in [5.74, 6) is 0.204. The number of amides is 1. The van der Waals surface area contributed by atoms with Gasteiger partial charge in [0.1, 0.15) is 5.75 Å². The topological polar surface area (TPSA) is 95.9 Å². The van der Waals surface area contributed by atoms with E-state index in [2.05, 4.69) is 10.2 Å². The minimum absolute atomic E-state index is 0. The molecule has 1 saturated carbocycles. The van der Waals surface area contributed by atoms with Crippen LogP contribution >= 0.6 is 39.4 Å². The van der Waals surface area contributed by atoms with Gasteiger partial charge in [0.25, 0.3) is 0 Å². The predicted octanol–water partition coefficient (Wildman–Crippen LogP) is 2.63. The van der Waals surface area contributed by atoms with Crippen LogP contribution in [0.2, 0.25) is 0 Å². The van der Waals surface area contributed by atoms with Crippen molar-refractivity contribution in [2.45, 2.75) is 36.8 Å². The number of aliphatic hydroxyl groups excluding tert-OH is 1. The number of carbonyl (C=O) groups is 1. The molecule has 2 aromatic carbocycles. The summed E-state index contributed by atoms with van der Waals surface area (Å²) in [6.07, 6.45) is 2.93. The number of nitrogens with one attached hydrogen (secondary N) is 1. The molecule has 2 aromatic rings. The normalized spacial score (nSPS) is 19.5. The van der Waals surface area contributed by atoms with Crippen LogP contribution in [0.3, 0.4) is 0 Å². The number of likely N-dealkylation sites (tertiary alicyclic amines) is 1. The molecular weight excluding hydrogens is 516 g/mol. The summed E-state index contributed by atoms with van der Waals surface area (Å²) in [4.78, 5) is 15.5. The largest absolute Gasteiger partial charge is 0.392 e. The maximum Gasteiger partial charge on any atom is 0.306 e. The van der Waals surface area contributed by atoms with Crippen LogP contribution in [0.5, 0.6) is 5.75 Å². The number of nitrogens with zero attached hydrogens (tertiary/aromatic N) is 1. The summed E-state index contributed by atoms with van der Waals surface area (Å²) in [6, 6.07) is 16.4. The second-order valence-corrected chi connectivity index (χ2v) is 10.1. The number of hydrogen-bond donors (Lipinski definition) is 2. The van der Waals surface area contributed by atoms with E-state index in [1.54, 1.807) is 24.3 Å². The maximum absolute atomic E-state index is 13.4. The van der Waals surface area contributed by atoms with Crippen LogP contribution in [0.4, 0.5) is 0 Å². The first-order valence-electron chi connectivity index (χ1n) is 10.5.